The number of amides is 1. The highest BCUT2D eigenvalue weighted by atomic mass is 32.2. The van der Waals surface area contributed by atoms with E-state index in [4.69, 9.17) is 13.9 Å². The molecule has 4 rings (SSSR count). The number of rotatable bonds is 11. The summed E-state index contributed by atoms with van der Waals surface area (Å²) in [4.78, 5) is 35.1. The summed E-state index contributed by atoms with van der Waals surface area (Å²) in [5.41, 5.74) is 2.01. The van der Waals surface area contributed by atoms with Gasteiger partial charge in [0.2, 0.25) is 5.89 Å². The third-order valence-corrected chi connectivity index (χ3v) is 7.36. The summed E-state index contributed by atoms with van der Waals surface area (Å²) in [6.07, 6.45) is 3.61. The highest BCUT2D eigenvalue weighted by Gasteiger charge is 2.17. The van der Waals surface area contributed by atoms with Crippen molar-refractivity contribution in [2.45, 2.75) is 30.8 Å². The molecule has 0 saturated heterocycles. The molecule has 0 saturated carbocycles. The van der Waals surface area contributed by atoms with Gasteiger partial charge in [-0.05, 0) is 42.0 Å². The van der Waals surface area contributed by atoms with E-state index in [0.717, 1.165) is 11.1 Å². The topological polar surface area (TPSA) is 108 Å². The molecule has 0 bridgehead atoms. The first kappa shape index (κ1) is 25.5. The predicted molar refractivity (Wildman–Crippen MR) is 140 cm³/mol. The molecular weight excluding hydrogens is 500 g/mol. The number of thioether (sulfide) groups is 1. The Bertz CT molecular complexity index is 1460. The molecule has 0 atom stereocenters. The lowest BCUT2D eigenvalue weighted by molar-refractivity contribution is 0.0949. The monoisotopic (exact) mass is 526 g/mol. The van der Waals surface area contributed by atoms with Crippen LogP contribution in [0, 0.1) is 6.92 Å². The fourth-order valence-corrected chi connectivity index (χ4v) is 5.42. The Hall–Kier alpha value is -3.57. The van der Waals surface area contributed by atoms with Crippen molar-refractivity contribution in [3.63, 3.8) is 0 Å². The van der Waals surface area contributed by atoms with Crippen molar-refractivity contribution in [1.29, 1.82) is 0 Å². The first-order valence-electron chi connectivity index (χ1n) is 11.1. The summed E-state index contributed by atoms with van der Waals surface area (Å²) in [6, 6.07) is 5.64. The lowest BCUT2D eigenvalue weighted by Gasteiger charge is -2.09. The van der Waals surface area contributed by atoms with Crippen LogP contribution in [0.4, 0.5) is 0 Å². The molecule has 36 heavy (non-hydrogen) atoms. The molecule has 0 aliphatic carbocycles. The summed E-state index contributed by atoms with van der Waals surface area (Å²) in [6.45, 7) is 6.42. The number of ether oxygens (including phenoxy) is 2. The number of aromatic nitrogens is 3. The van der Waals surface area contributed by atoms with Gasteiger partial charge < -0.3 is 19.2 Å². The number of aryl methyl sites for hydroxylation is 1. The molecule has 0 radical (unpaired) electrons. The third-order valence-electron chi connectivity index (χ3n) is 5.41. The fraction of sp³-hybridized carbons (Fsp3) is 0.280. The van der Waals surface area contributed by atoms with Crippen LogP contribution >= 0.6 is 23.1 Å². The number of methoxy groups -OCH3 is 2. The van der Waals surface area contributed by atoms with Crippen LogP contribution in [0.5, 0.6) is 11.5 Å². The van der Waals surface area contributed by atoms with Crippen LogP contribution in [0.2, 0.25) is 0 Å². The van der Waals surface area contributed by atoms with Crippen molar-refractivity contribution in [3.05, 3.63) is 75.6 Å². The zero-order chi connectivity index (χ0) is 25.7. The summed E-state index contributed by atoms with van der Waals surface area (Å²) < 4.78 is 17.6. The second kappa shape index (κ2) is 11.4. The Morgan fingerprint density at radius 2 is 2.08 bits per heavy atom. The number of carbonyl (C=O) groups excluding carboxylic acids is 1. The van der Waals surface area contributed by atoms with Crippen LogP contribution in [0.1, 0.15) is 27.5 Å². The summed E-state index contributed by atoms with van der Waals surface area (Å²) in [7, 11) is 3.17. The molecule has 9 nitrogen and oxygen atoms in total. The van der Waals surface area contributed by atoms with E-state index in [0.29, 0.717) is 58.0 Å². The molecule has 0 aliphatic heterocycles. The number of fused-ring (bicyclic) bond motifs is 1. The molecule has 188 valence electrons. The summed E-state index contributed by atoms with van der Waals surface area (Å²) in [5.74, 6) is 1.65. The van der Waals surface area contributed by atoms with Crippen molar-refractivity contribution in [1.82, 2.24) is 19.9 Å². The van der Waals surface area contributed by atoms with Gasteiger partial charge in [0.15, 0.2) is 22.3 Å². The molecule has 0 fully saturated rings. The molecular formula is C25H26N4O5S2. The minimum Gasteiger partial charge on any atom is -0.493 e. The maximum Gasteiger partial charge on any atom is 0.273 e. The Morgan fingerprint density at radius 3 is 2.83 bits per heavy atom. The number of hydrogen-bond acceptors (Lipinski definition) is 9. The van der Waals surface area contributed by atoms with E-state index < -0.39 is 0 Å². The van der Waals surface area contributed by atoms with Gasteiger partial charge in [0.25, 0.3) is 11.5 Å². The van der Waals surface area contributed by atoms with Gasteiger partial charge in [-0.2, -0.15) is 0 Å². The lowest BCUT2D eigenvalue weighted by Crippen LogP contribution is -2.26. The first-order chi connectivity index (χ1) is 17.4. The Labute approximate surface area is 216 Å². The van der Waals surface area contributed by atoms with Crippen LogP contribution in [0.15, 0.2) is 56.9 Å². The zero-order valence-electron chi connectivity index (χ0n) is 20.2. The molecule has 0 aliphatic rings. The van der Waals surface area contributed by atoms with E-state index in [2.05, 4.69) is 21.9 Å². The van der Waals surface area contributed by atoms with Gasteiger partial charge in [-0.15, -0.1) is 17.9 Å². The van der Waals surface area contributed by atoms with Crippen LogP contribution < -0.4 is 20.3 Å². The maximum absolute atomic E-state index is 13.0. The van der Waals surface area contributed by atoms with Gasteiger partial charge in [0.05, 0.1) is 25.4 Å². The molecule has 11 heteroatoms. The number of nitrogens with zero attached hydrogens (tertiary/aromatic N) is 3. The van der Waals surface area contributed by atoms with Gasteiger partial charge in [0.1, 0.15) is 11.1 Å². The van der Waals surface area contributed by atoms with Gasteiger partial charge in [0, 0.05) is 13.1 Å². The molecule has 1 aromatic carbocycles. The highest BCUT2D eigenvalue weighted by molar-refractivity contribution is 7.98. The maximum atomic E-state index is 13.0. The van der Waals surface area contributed by atoms with Crippen molar-refractivity contribution < 1.29 is 18.7 Å². The van der Waals surface area contributed by atoms with Crippen LogP contribution in [0.3, 0.4) is 0 Å². The Morgan fingerprint density at radius 1 is 1.28 bits per heavy atom. The van der Waals surface area contributed by atoms with Gasteiger partial charge in [-0.25, -0.2) is 9.97 Å². The second-order valence-corrected chi connectivity index (χ2v) is 9.61. The van der Waals surface area contributed by atoms with E-state index in [1.165, 1.54) is 29.4 Å². The first-order valence-corrected chi connectivity index (χ1v) is 13.0. The SMILES string of the molecule is C=CCn1c(SCc2nc(C(=O)NCCc3ccc(OC)c(OC)c3)co2)nc2scc(C)c2c1=O. The summed E-state index contributed by atoms with van der Waals surface area (Å²) >= 11 is 2.77. The number of nitrogens with one attached hydrogen (secondary N) is 1. The van der Waals surface area contributed by atoms with Gasteiger partial charge in [-0.1, -0.05) is 23.9 Å². The van der Waals surface area contributed by atoms with Gasteiger partial charge in [-0.3, -0.25) is 14.2 Å². The number of benzene rings is 1. The Balaban J connectivity index is 1.37. The lowest BCUT2D eigenvalue weighted by atomic mass is 10.1. The van der Waals surface area contributed by atoms with Crippen molar-refractivity contribution >= 4 is 39.2 Å². The minimum absolute atomic E-state index is 0.0944. The van der Waals surface area contributed by atoms with Crippen molar-refractivity contribution in [2.75, 3.05) is 20.8 Å². The predicted octanol–water partition coefficient (Wildman–Crippen LogP) is 4.22. The average molecular weight is 527 g/mol. The van der Waals surface area contributed by atoms with Crippen LogP contribution in [-0.4, -0.2) is 41.2 Å². The average Bonchev–Trinajstić information content (AvgIpc) is 3.51. The van der Waals surface area contributed by atoms with E-state index in [-0.39, 0.29) is 17.2 Å². The molecule has 0 spiro atoms. The number of allylic oxidation sites excluding steroid dienone is 1. The number of carbonyl (C=O) groups is 1. The van der Waals surface area contributed by atoms with Gasteiger partial charge >= 0.3 is 0 Å². The molecule has 3 heterocycles. The molecule has 3 aromatic heterocycles. The smallest absolute Gasteiger partial charge is 0.273 e. The van der Waals surface area contributed by atoms with Crippen molar-refractivity contribution in [2.24, 2.45) is 0 Å². The van der Waals surface area contributed by atoms with E-state index in [9.17, 15) is 9.59 Å². The zero-order valence-corrected chi connectivity index (χ0v) is 21.8. The standard InChI is InChI=1S/C25H26N4O5S2/c1-5-10-29-24(31)21-15(2)13-35-23(21)28-25(29)36-14-20-27-17(12-34-20)22(30)26-9-8-16-6-7-18(32-3)19(11-16)33-4/h5-7,11-13H,1,8-10,14H2,2-4H3,(H,26,30). The highest BCUT2D eigenvalue weighted by Crippen LogP contribution is 2.28. The van der Waals surface area contributed by atoms with Crippen molar-refractivity contribution in [3.8, 4) is 11.5 Å². The molecule has 4 aromatic rings. The molecule has 1 N–H and O–H groups in total. The molecule has 1 amide bonds. The number of thiophene rings is 1. The second-order valence-electron chi connectivity index (χ2n) is 7.81. The molecule has 0 unspecified atom stereocenters. The van der Waals surface area contributed by atoms with E-state index in [1.807, 2.05) is 30.5 Å². The number of hydrogen-bond donors (Lipinski definition) is 1. The third kappa shape index (κ3) is 5.47. The van der Waals surface area contributed by atoms with E-state index in [1.54, 1.807) is 24.9 Å². The van der Waals surface area contributed by atoms with E-state index >= 15 is 0 Å². The minimum atomic E-state index is -0.326. The normalized spacial score (nSPS) is 11.0. The summed E-state index contributed by atoms with van der Waals surface area (Å²) in [5, 5.41) is 5.96. The Kier molecular flexibility index (Phi) is 8.11. The fourth-order valence-electron chi connectivity index (χ4n) is 3.60. The van der Waals surface area contributed by atoms with Crippen LogP contribution in [-0.2, 0) is 18.7 Å². The number of oxazole rings is 1. The largest absolute Gasteiger partial charge is 0.493 e. The van der Waals surface area contributed by atoms with Crippen LogP contribution in [0.25, 0.3) is 10.2 Å². The quantitative estimate of drug-likeness (QED) is 0.176.